The molecule has 1 atom stereocenters. The van der Waals surface area contributed by atoms with Crippen molar-refractivity contribution in [3.05, 3.63) is 34.3 Å². The molecule has 0 radical (unpaired) electrons. The van der Waals surface area contributed by atoms with E-state index < -0.39 is 6.04 Å². The molecule has 22 heavy (non-hydrogen) atoms. The maximum absolute atomic E-state index is 11.8. The Morgan fingerprint density at radius 1 is 1.14 bits per heavy atom. The van der Waals surface area contributed by atoms with Gasteiger partial charge in [0.1, 0.15) is 6.04 Å². The Labute approximate surface area is 138 Å². The Kier molecular flexibility index (Phi) is 7.59. The van der Waals surface area contributed by atoms with E-state index in [0.29, 0.717) is 12.1 Å². The van der Waals surface area contributed by atoms with E-state index in [0.717, 1.165) is 4.47 Å². The van der Waals surface area contributed by atoms with Crippen LogP contribution < -0.4 is 16.0 Å². The molecular formula is C15H20BrN3O3. The van der Waals surface area contributed by atoms with Crippen molar-refractivity contribution >= 4 is 33.7 Å². The van der Waals surface area contributed by atoms with Gasteiger partial charge in [-0.3, -0.25) is 14.4 Å². The highest BCUT2D eigenvalue weighted by Gasteiger charge is 2.14. The second-order valence-corrected chi connectivity index (χ2v) is 5.61. The zero-order chi connectivity index (χ0) is 16.5. The zero-order valence-electron chi connectivity index (χ0n) is 12.6. The van der Waals surface area contributed by atoms with E-state index in [4.69, 9.17) is 0 Å². The van der Waals surface area contributed by atoms with Gasteiger partial charge in [0.05, 0.1) is 0 Å². The molecule has 0 heterocycles. The number of carbonyl (C=O) groups is 3. The fourth-order valence-electron chi connectivity index (χ4n) is 1.70. The molecule has 1 aromatic carbocycles. The highest BCUT2D eigenvalue weighted by atomic mass is 79.9. The minimum Gasteiger partial charge on any atom is -0.355 e. The van der Waals surface area contributed by atoms with E-state index in [1.54, 1.807) is 31.2 Å². The lowest BCUT2D eigenvalue weighted by Gasteiger charge is -2.13. The van der Waals surface area contributed by atoms with Crippen molar-refractivity contribution in [3.63, 3.8) is 0 Å². The van der Waals surface area contributed by atoms with E-state index in [9.17, 15) is 14.4 Å². The largest absolute Gasteiger partial charge is 0.355 e. The molecule has 1 rings (SSSR count). The Balaban J connectivity index is 2.31. The monoisotopic (exact) mass is 369 g/mol. The lowest BCUT2D eigenvalue weighted by atomic mass is 10.2. The number of hydrogen-bond donors (Lipinski definition) is 3. The minimum atomic E-state index is -0.588. The molecule has 7 heteroatoms. The summed E-state index contributed by atoms with van der Waals surface area (Å²) < 4.78 is 0.891. The van der Waals surface area contributed by atoms with E-state index in [2.05, 4.69) is 31.9 Å². The highest BCUT2D eigenvalue weighted by Crippen LogP contribution is 2.10. The lowest BCUT2D eigenvalue weighted by molar-refractivity contribution is -0.128. The van der Waals surface area contributed by atoms with Crippen LogP contribution in [0.2, 0.25) is 0 Å². The van der Waals surface area contributed by atoms with Crippen molar-refractivity contribution in [3.8, 4) is 0 Å². The van der Waals surface area contributed by atoms with Crippen molar-refractivity contribution < 1.29 is 14.4 Å². The first kappa shape index (κ1) is 18.2. The number of hydrogen-bond acceptors (Lipinski definition) is 3. The molecule has 3 N–H and O–H groups in total. The smallest absolute Gasteiger partial charge is 0.251 e. The second-order valence-electron chi connectivity index (χ2n) is 4.70. The summed E-state index contributed by atoms with van der Waals surface area (Å²) >= 11 is 3.29. The van der Waals surface area contributed by atoms with Crippen molar-refractivity contribution in [2.24, 2.45) is 0 Å². The quantitative estimate of drug-likeness (QED) is 0.674. The van der Waals surface area contributed by atoms with E-state index in [1.807, 2.05) is 6.92 Å². The van der Waals surface area contributed by atoms with Gasteiger partial charge in [-0.15, -0.1) is 0 Å². The number of carbonyl (C=O) groups excluding carboxylic acids is 3. The Morgan fingerprint density at radius 3 is 2.36 bits per heavy atom. The molecule has 0 saturated heterocycles. The summed E-state index contributed by atoms with van der Waals surface area (Å²) in [6.07, 6.45) is 0.117. The van der Waals surface area contributed by atoms with Crippen LogP contribution in [0.1, 0.15) is 30.6 Å². The standard InChI is InChI=1S/C15H20BrN3O3/c1-3-17-14(21)10(2)19-13(20)8-9-18-15(22)11-4-6-12(16)7-5-11/h4-7,10H,3,8-9H2,1-2H3,(H,17,21)(H,18,22)(H,19,20)/t10-/m0/s1. The van der Waals surface area contributed by atoms with Crippen molar-refractivity contribution in [2.45, 2.75) is 26.3 Å². The van der Waals surface area contributed by atoms with Gasteiger partial charge in [0, 0.05) is 29.5 Å². The van der Waals surface area contributed by atoms with Crippen molar-refractivity contribution in [1.29, 1.82) is 0 Å². The van der Waals surface area contributed by atoms with Gasteiger partial charge in [0.2, 0.25) is 11.8 Å². The van der Waals surface area contributed by atoms with Crippen LogP contribution in [-0.2, 0) is 9.59 Å². The van der Waals surface area contributed by atoms with Gasteiger partial charge < -0.3 is 16.0 Å². The van der Waals surface area contributed by atoms with Gasteiger partial charge >= 0.3 is 0 Å². The molecule has 0 spiro atoms. The molecule has 120 valence electrons. The van der Waals surface area contributed by atoms with Gasteiger partial charge in [-0.1, -0.05) is 15.9 Å². The fourth-order valence-corrected chi connectivity index (χ4v) is 1.96. The third-order valence-corrected chi connectivity index (χ3v) is 3.39. The Morgan fingerprint density at radius 2 is 1.77 bits per heavy atom. The molecule has 0 fully saturated rings. The molecule has 6 nitrogen and oxygen atoms in total. The van der Waals surface area contributed by atoms with Gasteiger partial charge in [-0.2, -0.15) is 0 Å². The number of halogens is 1. The molecular weight excluding hydrogens is 350 g/mol. The first-order valence-corrected chi connectivity index (χ1v) is 7.84. The van der Waals surface area contributed by atoms with Crippen LogP contribution in [0.3, 0.4) is 0 Å². The lowest BCUT2D eigenvalue weighted by Crippen LogP contribution is -2.45. The predicted octanol–water partition coefficient (Wildman–Crippen LogP) is 1.21. The number of likely N-dealkylation sites (N-methyl/N-ethyl adjacent to an activating group) is 1. The van der Waals surface area contributed by atoms with E-state index in [-0.39, 0.29) is 30.7 Å². The maximum Gasteiger partial charge on any atom is 0.251 e. The molecule has 0 bridgehead atoms. The summed E-state index contributed by atoms with van der Waals surface area (Å²) in [5.74, 6) is -0.748. The topological polar surface area (TPSA) is 87.3 Å². The van der Waals surface area contributed by atoms with Crippen LogP contribution in [0.5, 0.6) is 0 Å². The van der Waals surface area contributed by atoms with Gasteiger partial charge in [-0.05, 0) is 38.1 Å². The van der Waals surface area contributed by atoms with Crippen LogP contribution >= 0.6 is 15.9 Å². The molecule has 1 aromatic rings. The predicted molar refractivity (Wildman–Crippen MR) is 87.4 cm³/mol. The molecule has 0 aliphatic rings. The summed E-state index contributed by atoms with van der Waals surface area (Å²) in [6, 6.07) is 6.34. The first-order chi connectivity index (χ1) is 10.4. The molecule has 0 aliphatic carbocycles. The number of benzene rings is 1. The fraction of sp³-hybridized carbons (Fsp3) is 0.400. The van der Waals surface area contributed by atoms with Crippen molar-refractivity contribution in [1.82, 2.24) is 16.0 Å². The summed E-state index contributed by atoms with van der Waals surface area (Å²) in [5, 5.41) is 7.86. The second kappa shape index (κ2) is 9.19. The molecule has 0 saturated carbocycles. The zero-order valence-corrected chi connectivity index (χ0v) is 14.2. The van der Waals surface area contributed by atoms with Crippen molar-refractivity contribution in [2.75, 3.05) is 13.1 Å². The normalized spacial score (nSPS) is 11.4. The Bertz CT molecular complexity index is 531. The van der Waals surface area contributed by atoms with Gasteiger partial charge in [0.15, 0.2) is 0 Å². The Hall–Kier alpha value is -1.89. The summed E-state index contributed by atoms with van der Waals surface area (Å²) in [4.78, 5) is 35.0. The summed E-state index contributed by atoms with van der Waals surface area (Å²) in [5.41, 5.74) is 0.527. The number of nitrogens with one attached hydrogen (secondary N) is 3. The third-order valence-electron chi connectivity index (χ3n) is 2.87. The van der Waals surface area contributed by atoms with Crippen LogP contribution in [0.15, 0.2) is 28.7 Å². The van der Waals surface area contributed by atoms with E-state index in [1.165, 1.54) is 0 Å². The highest BCUT2D eigenvalue weighted by molar-refractivity contribution is 9.10. The maximum atomic E-state index is 11.8. The first-order valence-electron chi connectivity index (χ1n) is 7.05. The SMILES string of the molecule is CCNC(=O)[C@H](C)NC(=O)CCNC(=O)c1ccc(Br)cc1. The average Bonchev–Trinajstić information content (AvgIpc) is 2.47. The number of amides is 3. The van der Waals surface area contributed by atoms with Gasteiger partial charge in [0.25, 0.3) is 5.91 Å². The summed E-state index contributed by atoms with van der Waals surface area (Å²) in [7, 11) is 0. The van der Waals surface area contributed by atoms with Crippen LogP contribution in [0, 0.1) is 0 Å². The molecule has 0 unspecified atom stereocenters. The van der Waals surface area contributed by atoms with Crippen LogP contribution in [0.4, 0.5) is 0 Å². The van der Waals surface area contributed by atoms with E-state index >= 15 is 0 Å². The van der Waals surface area contributed by atoms with Gasteiger partial charge in [-0.25, -0.2) is 0 Å². The van der Waals surface area contributed by atoms with Crippen LogP contribution in [0.25, 0.3) is 0 Å². The number of rotatable bonds is 7. The third kappa shape index (κ3) is 6.26. The minimum absolute atomic E-state index is 0.117. The molecule has 0 aliphatic heterocycles. The summed E-state index contributed by atoms with van der Waals surface area (Å²) in [6.45, 7) is 4.15. The van der Waals surface area contributed by atoms with Crippen LogP contribution in [-0.4, -0.2) is 36.9 Å². The molecule has 3 amide bonds. The molecule has 0 aromatic heterocycles. The average molecular weight is 370 g/mol.